The zero-order valence-electron chi connectivity index (χ0n) is 20.3. The number of likely N-dealkylation sites (tertiary alicyclic amines) is 1. The van der Waals surface area contributed by atoms with E-state index in [9.17, 15) is 0 Å². The Hall–Kier alpha value is 1.52. The van der Waals surface area contributed by atoms with Crippen LogP contribution in [0.5, 0.6) is 0 Å². The molecule has 26 heavy (non-hydrogen) atoms. The van der Waals surface area contributed by atoms with Gasteiger partial charge in [-0.15, -0.1) is 0 Å². The standard InChI is InChI=1S/C14H29N3.C3H8.2C2H6.CH3.K/c1-13(2)14-3-7-16(8-4-14)11-12-17-9-5-15-6-10-17;1-3-2;2*1-2;;/h13-15H,3-12H2,1-2H3;3H2,1-2H3;2*1-2H3;1H3;/q;;;;-1;+1. The van der Waals surface area contributed by atoms with E-state index >= 15 is 0 Å². The van der Waals surface area contributed by atoms with E-state index in [1.807, 2.05) is 27.7 Å². The average Bonchev–Trinajstić information content (AvgIpc) is 2.65. The zero-order chi connectivity index (χ0) is 18.8. The maximum atomic E-state index is 3.42. The molecular weight excluding hydrogens is 345 g/mol. The molecular formula is C22H52KN3. The van der Waals surface area contributed by atoms with E-state index in [1.54, 1.807) is 0 Å². The summed E-state index contributed by atoms with van der Waals surface area (Å²) in [5.41, 5.74) is 0. The Morgan fingerprint density at radius 2 is 1.15 bits per heavy atom. The van der Waals surface area contributed by atoms with Crippen molar-refractivity contribution < 1.29 is 51.4 Å². The van der Waals surface area contributed by atoms with Crippen LogP contribution in [-0.2, 0) is 0 Å². The number of piperazine rings is 1. The summed E-state index contributed by atoms with van der Waals surface area (Å²) in [5, 5.41) is 3.42. The minimum atomic E-state index is 0. The van der Waals surface area contributed by atoms with Crippen molar-refractivity contribution in [2.75, 3.05) is 52.4 Å². The van der Waals surface area contributed by atoms with Crippen LogP contribution in [0.3, 0.4) is 0 Å². The van der Waals surface area contributed by atoms with E-state index in [1.165, 1.54) is 71.6 Å². The van der Waals surface area contributed by atoms with Crippen LogP contribution < -0.4 is 56.7 Å². The van der Waals surface area contributed by atoms with E-state index in [0.29, 0.717) is 0 Å². The molecule has 2 saturated heterocycles. The van der Waals surface area contributed by atoms with Crippen molar-refractivity contribution in [2.24, 2.45) is 11.8 Å². The Bertz CT molecular complexity index is 223. The molecule has 0 atom stereocenters. The number of hydrogen-bond acceptors (Lipinski definition) is 3. The average molecular weight is 398 g/mol. The summed E-state index contributed by atoms with van der Waals surface area (Å²) < 4.78 is 0. The molecule has 0 aliphatic carbocycles. The Morgan fingerprint density at radius 3 is 1.50 bits per heavy atom. The predicted molar refractivity (Wildman–Crippen MR) is 118 cm³/mol. The van der Waals surface area contributed by atoms with E-state index < -0.39 is 0 Å². The zero-order valence-corrected chi connectivity index (χ0v) is 23.5. The Balaban J connectivity index is -0.000000239. The largest absolute Gasteiger partial charge is 1.00 e. The molecule has 0 aromatic carbocycles. The van der Waals surface area contributed by atoms with Crippen LogP contribution >= 0.6 is 0 Å². The summed E-state index contributed by atoms with van der Waals surface area (Å²) in [6, 6.07) is 0. The summed E-state index contributed by atoms with van der Waals surface area (Å²) in [6.45, 7) is 27.0. The molecule has 0 unspecified atom stereocenters. The Morgan fingerprint density at radius 1 is 0.808 bits per heavy atom. The number of piperidine rings is 1. The fraction of sp³-hybridized carbons (Fsp3) is 0.955. The van der Waals surface area contributed by atoms with Crippen molar-refractivity contribution in [3.63, 3.8) is 0 Å². The molecule has 3 nitrogen and oxygen atoms in total. The van der Waals surface area contributed by atoms with Gasteiger partial charge in [0.05, 0.1) is 0 Å². The third kappa shape index (κ3) is 18.9. The minimum Gasteiger partial charge on any atom is -0.358 e. The second kappa shape index (κ2) is 26.5. The summed E-state index contributed by atoms with van der Waals surface area (Å²) in [6.07, 6.45) is 4.08. The molecule has 1 N–H and O–H groups in total. The van der Waals surface area contributed by atoms with Crippen LogP contribution in [0.25, 0.3) is 0 Å². The van der Waals surface area contributed by atoms with Crippen LogP contribution in [0.1, 0.15) is 74.7 Å². The Labute approximate surface area is 210 Å². The van der Waals surface area contributed by atoms with Crippen LogP contribution in [0.2, 0.25) is 0 Å². The molecule has 0 spiro atoms. The van der Waals surface area contributed by atoms with Crippen LogP contribution in [0, 0.1) is 19.3 Å². The Kier molecular flexibility index (Phi) is 35.7. The first-order chi connectivity index (χ1) is 11.7. The topological polar surface area (TPSA) is 18.5 Å². The van der Waals surface area contributed by atoms with Gasteiger partial charge >= 0.3 is 51.4 Å². The van der Waals surface area contributed by atoms with Gasteiger partial charge in [0.1, 0.15) is 0 Å². The number of nitrogens with zero attached hydrogens (tertiary/aromatic N) is 2. The van der Waals surface area contributed by atoms with E-state index in [4.69, 9.17) is 0 Å². The van der Waals surface area contributed by atoms with Crippen molar-refractivity contribution in [2.45, 2.75) is 74.7 Å². The first-order valence-electron chi connectivity index (χ1n) is 10.8. The molecule has 2 aliphatic heterocycles. The summed E-state index contributed by atoms with van der Waals surface area (Å²) in [7, 11) is 0. The van der Waals surface area contributed by atoms with Crippen molar-refractivity contribution in [3.8, 4) is 0 Å². The van der Waals surface area contributed by atoms with Crippen LogP contribution in [0.4, 0.5) is 0 Å². The molecule has 0 saturated carbocycles. The van der Waals surface area contributed by atoms with Gasteiger partial charge in [-0.1, -0.05) is 61.8 Å². The van der Waals surface area contributed by atoms with E-state index in [-0.39, 0.29) is 58.8 Å². The third-order valence-corrected chi connectivity index (χ3v) is 4.52. The van der Waals surface area contributed by atoms with Crippen LogP contribution in [-0.4, -0.2) is 62.2 Å². The maximum absolute atomic E-state index is 3.42. The molecule has 0 bridgehead atoms. The van der Waals surface area contributed by atoms with Gasteiger partial charge in [-0.2, -0.15) is 0 Å². The molecule has 4 heteroatoms. The molecule has 0 amide bonds. The summed E-state index contributed by atoms with van der Waals surface area (Å²) >= 11 is 0. The SMILES string of the molecule is CC.CC.CC(C)C1CCN(CCN2CCNCC2)CC1.CCC.[CH3-].[K+]. The first kappa shape index (κ1) is 35.0. The molecule has 0 radical (unpaired) electrons. The number of hydrogen-bond donors (Lipinski definition) is 1. The van der Waals surface area contributed by atoms with Crippen molar-refractivity contribution in [3.05, 3.63) is 7.43 Å². The summed E-state index contributed by atoms with van der Waals surface area (Å²) in [4.78, 5) is 5.27. The second-order valence-corrected chi connectivity index (χ2v) is 6.72. The van der Waals surface area contributed by atoms with Gasteiger partial charge in [-0.3, -0.25) is 4.90 Å². The second-order valence-electron chi connectivity index (χ2n) is 6.72. The molecule has 156 valence electrons. The summed E-state index contributed by atoms with van der Waals surface area (Å²) in [5.74, 6) is 1.86. The molecule has 2 heterocycles. The normalized spacial score (nSPS) is 17.9. The third-order valence-electron chi connectivity index (χ3n) is 4.52. The van der Waals surface area contributed by atoms with Gasteiger partial charge in [0.25, 0.3) is 0 Å². The fourth-order valence-corrected chi connectivity index (χ4v) is 3.06. The van der Waals surface area contributed by atoms with E-state index in [2.05, 4.69) is 42.8 Å². The van der Waals surface area contributed by atoms with Gasteiger partial charge in [-0.25, -0.2) is 0 Å². The molecule has 0 aromatic rings. The molecule has 2 aliphatic rings. The monoisotopic (exact) mass is 397 g/mol. The molecule has 2 rings (SSSR count). The van der Waals surface area contributed by atoms with E-state index in [0.717, 1.165) is 11.8 Å². The molecule has 0 aromatic heterocycles. The van der Waals surface area contributed by atoms with Gasteiger partial charge in [0.15, 0.2) is 0 Å². The van der Waals surface area contributed by atoms with Crippen molar-refractivity contribution in [1.29, 1.82) is 0 Å². The fourth-order valence-electron chi connectivity index (χ4n) is 3.06. The molecule has 2 fully saturated rings. The number of rotatable bonds is 4. The predicted octanol–water partition coefficient (Wildman–Crippen LogP) is 2.18. The minimum absolute atomic E-state index is 0. The first-order valence-corrected chi connectivity index (χ1v) is 10.8. The van der Waals surface area contributed by atoms with Crippen molar-refractivity contribution in [1.82, 2.24) is 15.1 Å². The smallest absolute Gasteiger partial charge is 0.358 e. The van der Waals surface area contributed by atoms with Crippen LogP contribution in [0.15, 0.2) is 0 Å². The van der Waals surface area contributed by atoms with Gasteiger partial charge in [0.2, 0.25) is 0 Å². The van der Waals surface area contributed by atoms with Gasteiger partial charge in [-0.05, 0) is 37.8 Å². The quantitative estimate of drug-likeness (QED) is 0.579. The maximum Gasteiger partial charge on any atom is 1.00 e. The van der Waals surface area contributed by atoms with Crippen molar-refractivity contribution >= 4 is 0 Å². The van der Waals surface area contributed by atoms with Gasteiger partial charge in [0, 0.05) is 39.3 Å². The number of nitrogens with one attached hydrogen (secondary N) is 1. The van der Waals surface area contributed by atoms with Gasteiger partial charge < -0.3 is 17.6 Å².